The summed E-state index contributed by atoms with van der Waals surface area (Å²) in [4.78, 5) is 0. The van der Waals surface area contributed by atoms with Crippen LogP contribution in [0, 0.1) is 0 Å². The molecule has 3 nitrogen and oxygen atoms in total. The number of rotatable bonds is 6. The van der Waals surface area contributed by atoms with E-state index in [4.69, 9.17) is 10.5 Å². The minimum Gasteiger partial charge on any atom is -0.366 e. The molecular formula is C6H16N2O. The van der Waals surface area contributed by atoms with Gasteiger partial charge in [-0.15, -0.1) is 0 Å². The molecule has 3 N–H and O–H groups in total. The summed E-state index contributed by atoms with van der Waals surface area (Å²) >= 11 is 0. The second kappa shape index (κ2) is 7.88. The molecule has 0 unspecified atom stereocenters. The van der Waals surface area contributed by atoms with Gasteiger partial charge in [0.05, 0.1) is 6.73 Å². The molecule has 0 amide bonds. The molecule has 0 saturated heterocycles. The predicted molar refractivity (Wildman–Crippen MR) is 37.9 cm³/mol. The summed E-state index contributed by atoms with van der Waals surface area (Å²) in [6, 6.07) is 0. The third-order valence-electron chi connectivity index (χ3n) is 0.991. The van der Waals surface area contributed by atoms with E-state index in [0.29, 0.717) is 13.4 Å². The minimum absolute atomic E-state index is 0.492. The van der Waals surface area contributed by atoms with Crippen molar-refractivity contribution in [2.75, 3.05) is 20.0 Å². The van der Waals surface area contributed by atoms with Crippen LogP contribution in [0.1, 0.15) is 19.8 Å². The summed E-state index contributed by atoms with van der Waals surface area (Å²) in [5.74, 6) is 0. The van der Waals surface area contributed by atoms with E-state index in [1.807, 2.05) is 0 Å². The number of nitrogens with one attached hydrogen (secondary N) is 1. The molecule has 0 bridgehead atoms. The van der Waals surface area contributed by atoms with E-state index in [1.54, 1.807) is 0 Å². The maximum absolute atomic E-state index is 5.15. The summed E-state index contributed by atoms with van der Waals surface area (Å²) < 4.78 is 5.12. The van der Waals surface area contributed by atoms with Gasteiger partial charge in [0.2, 0.25) is 0 Å². The zero-order chi connectivity index (χ0) is 6.95. The van der Waals surface area contributed by atoms with Crippen molar-refractivity contribution >= 4 is 0 Å². The van der Waals surface area contributed by atoms with Crippen LogP contribution in [-0.2, 0) is 4.74 Å². The van der Waals surface area contributed by atoms with Crippen LogP contribution in [0.2, 0.25) is 0 Å². The third kappa shape index (κ3) is 7.88. The largest absolute Gasteiger partial charge is 0.366 e. The average Bonchev–Trinajstić information content (AvgIpc) is 1.89. The summed E-state index contributed by atoms with van der Waals surface area (Å²) in [7, 11) is 0. The van der Waals surface area contributed by atoms with Gasteiger partial charge in [0.25, 0.3) is 0 Å². The predicted octanol–water partition coefficient (Wildman–Crippen LogP) is 0.266. The Morgan fingerprint density at radius 1 is 1.56 bits per heavy atom. The van der Waals surface area contributed by atoms with Crippen LogP contribution in [-0.4, -0.2) is 20.0 Å². The van der Waals surface area contributed by atoms with Gasteiger partial charge in [-0.3, -0.25) is 5.32 Å². The van der Waals surface area contributed by atoms with Gasteiger partial charge in [-0.25, -0.2) is 0 Å². The summed E-state index contributed by atoms with van der Waals surface area (Å²) in [5.41, 5.74) is 5.15. The highest BCUT2D eigenvalue weighted by atomic mass is 16.5. The van der Waals surface area contributed by atoms with Gasteiger partial charge in [-0.2, -0.15) is 0 Å². The summed E-state index contributed by atoms with van der Waals surface area (Å²) in [5, 5.41) is 2.86. The van der Waals surface area contributed by atoms with Gasteiger partial charge < -0.3 is 10.5 Å². The van der Waals surface area contributed by atoms with Gasteiger partial charge in [0, 0.05) is 13.3 Å². The Morgan fingerprint density at radius 2 is 2.33 bits per heavy atom. The topological polar surface area (TPSA) is 47.3 Å². The van der Waals surface area contributed by atoms with E-state index in [2.05, 4.69) is 12.2 Å². The number of hydrogen-bond donors (Lipinski definition) is 2. The second-order valence-electron chi connectivity index (χ2n) is 1.86. The van der Waals surface area contributed by atoms with Gasteiger partial charge in [-0.05, 0) is 6.42 Å². The van der Waals surface area contributed by atoms with Crippen molar-refractivity contribution in [2.45, 2.75) is 19.8 Å². The number of unbranched alkanes of at least 4 members (excludes halogenated alkanes) is 1. The van der Waals surface area contributed by atoms with Crippen LogP contribution in [0.4, 0.5) is 0 Å². The molecule has 0 aromatic rings. The molecule has 0 atom stereocenters. The molecule has 0 aliphatic rings. The Labute approximate surface area is 56.6 Å². The van der Waals surface area contributed by atoms with Crippen molar-refractivity contribution in [2.24, 2.45) is 5.73 Å². The lowest BCUT2D eigenvalue weighted by molar-refractivity contribution is 0.115. The van der Waals surface area contributed by atoms with Crippen LogP contribution in [0.3, 0.4) is 0 Å². The summed E-state index contributed by atoms with van der Waals surface area (Å²) in [6.45, 7) is 4.05. The zero-order valence-electron chi connectivity index (χ0n) is 6.02. The average molecular weight is 132 g/mol. The van der Waals surface area contributed by atoms with Crippen molar-refractivity contribution in [3.8, 4) is 0 Å². The minimum atomic E-state index is 0.492. The second-order valence-corrected chi connectivity index (χ2v) is 1.86. The van der Waals surface area contributed by atoms with E-state index < -0.39 is 0 Å². The molecule has 3 heteroatoms. The first kappa shape index (κ1) is 8.88. The highest BCUT2D eigenvalue weighted by Gasteiger charge is 1.82. The Bertz CT molecular complexity index is 44.3. The molecule has 0 rings (SSSR count). The first-order chi connectivity index (χ1) is 4.41. The first-order valence-electron chi connectivity index (χ1n) is 3.40. The fraction of sp³-hybridized carbons (Fsp3) is 1.00. The normalized spacial score (nSPS) is 10.0. The van der Waals surface area contributed by atoms with Crippen molar-refractivity contribution in [3.05, 3.63) is 0 Å². The molecule has 0 aromatic heterocycles. The van der Waals surface area contributed by atoms with Gasteiger partial charge in [-0.1, -0.05) is 13.3 Å². The molecule has 0 fully saturated rings. The van der Waals surface area contributed by atoms with Crippen LogP contribution >= 0.6 is 0 Å². The molecular weight excluding hydrogens is 116 g/mol. The first-order valence-corrected chi connectivity index (χ1v) is 3.40. The number of hydrogen-bond acceptors (Lipinski definition) is 3. The zero-order valence-corrected chi connectivity index (χ0v) is 6.02. The van der Waals surface area contributed by atoms with Crippen LogP contribution in [0.25, 0.3) is 0 Å². The molecule has 0 radical (unpaired) electrons. The lowest BCUT2D eigenvalue weighted by Gasteiger charge is -2.01. The van der Waals surface area contributed by atoms with E-state index in [1.165, 1.54) is 6.42 Å². The molecule has 0 heterocycles. The molecule has 0 aliphatic heterocycles. The molecule has 56 valence electrons. The van der Waals surface area contributed by atoms with Crippen molar-refractivity contribution in [1.29, 1.82) is 0 Å². The maximum Gasteiger partial charge on any atom is 0.0974 e. The monoisotopic (exact) mass is 132 g/mol. The fourth-order valence-corrected chi connectivity index (χ4v) is 0.450. The lowest BCUT2D eigenvalue weighted by atomic mass is 10.4. The summed E-state index contributed by atoms with van der Waals surface area (Å²) in [6.07, 6.45) is 2.31. The maximum atomic E-state index is 5.15. The molecule has 0 spiro atoms. The number of ether oxygens (including phenoxy) is 1. The highest BCUT2D eigenvalue weighted by Crippen LogP contribution is 1.85. The Balaban J connectivity index is 2.60. The molecule has 0 aromatic carbocycles. The Hall–Kier alpha value is -0.120. The van der Waals surface area contributed by atoms with Gasteiger partial charge in [0.1, 0.15) is 0 Å². The molecule has 0 saturated carbocycles. The van der Waals surface area contributed by atoms with Crippen molar-refractivity contribution in [1.82, 2.24) is 5.32 Å². The van der Waals surface area contributed by atoms with Gasteiger partial charge >= 0.3 is 0 Å². The van der Waals surface area contributed by atoms with Crippen LogP contribution < -0.4 is 11.1 Å². The van der Waals surface area contributed by atoms with E-state index >= 15 is 0 Å². The SMILES string of the molecule is CCCCOCNCN. The fourth-order valence-electron chi connectivity index (χ4n) is 0.450. The Morgan fingerprint density at radius 3 is 2.89 bits per heavy atom. The highest BCUT2D eigenvalue weighted by molar-refractivity contribution is 4.31. The van der Waals surface area contributed by atoms with Crippen LogP contribution in [0.5, 0.6) is 0 Å². The van der Waals surface area contributed by atoms with Gasteiger partial charge in [0.15, 0.2) is 0 Å². The number of nitrogens with two attached hydrogens (primary N) is 1. The lowest BCUT2D eigenvalue weighted by Crippen LogP contribution is -2.25. The molecule has 9 heavy (non-hydrogen) atoms. The standard InChI is InChI=1S/C6H16N2O/c1-2-3-4-9-6-8-5-7/h8H,2-7H2,1H3. The third-order valence-corrected chi connectivity index (χ3v) is 0.991. The smallest absolute Gasteiger partial charge is 0.0974 e. The Kier molecular flexibility index (Phi) is 7.77. The van der Waals surface area contributed by atoms with E-state index in [0.717, 1.165) is 13.0 Å². The quantitative estimate of drug-likeness (QED) is 0.403. The van der Waals surface area contributed by atoms with Crippen LogP contribution in [0.15, 0.2) is 0 Å². The van der Waals surface area contributed by atoms with Crippen molar-refractivity contribution < 1.29 is 4.74 Å². The van der Waals surface area contributed by atoms with E-state index in [-0.39, 0.29) is 0 Å². The molecule has 0 aliphatic carbocycles. The van der Waals surface area contributed by atoms with Crippen molar-refractivity contribution in [3.63, 3.8) is 0 Å². The van der Waals surface area contributed by atoms with E-state index in [9.17, 15) is 0 Å².